The molecule has 2 heterocycles. The summed E-state index contributed by atoms with van der Waals surface area (Å²) in [5, 5.41) is 4.07. The number of aromatic nitrogens is 1. The Labute approximate surface area is 183 Å². The van der Waals surface area contributed by atoms with Gasteiger partial charge in [-0.15, -0.1) is 0 Å². The first-order valence-electron chi connectivity index (χ1n) is 10.7. The Hall–Kier alpha value is -3.12. The van der Waals surface area contributed by atoms with Gasteiger partial charge < -0.3 is 14.2 Å². The van der Waals surface area contributed by atoms with Crippen molar-refractivity contribution in [3.63, 3.8) is 0 Å². The lowest BCUT2D eigenvalue weighted by Gasteiger charge is -2.34. The van der Waals surface area contributed by atoms with Gasteiger partial charge in [0.2, 0.25) is 0 Å². The van der Waals surface area contributed by atoms with Crippen LogP contribution >= 0.6 is 0 Å². The Morgan fingerprint density at radius 1 is 1.00 bits per heavy atom. The topological polar surface area (TPSA) is 58.8 Å². The van der Waals surface area contributed by atoms with E-state index < -0.39 is 0 Å². The van der Waals surface area contributed by atoms with Gasteiger partial charge in [0.25, 0.3) is 5.91 Å². The molecule has 6 nitrogen and oxygen atoms in total. The van der Waals surface area contributed by atoms with E-state index in [0.29, 0.717) is 24.5 Å². The Morgan fingerprint density at radius 2 is 1.74 bits per heavy atom. The molecule has 6 heteroatoms. The summed E-state index contributed by atoms with van der Waals surface area (Å²) in [6.45, 7) is 10.1. The van der Waals surface area contributed by atoms with Crippen LogP contribution in [0.5, 0.6) is 5.75 Å². The number of carbonyl (C=O) groups excluding carboxylic acids is 1. The van der Waals surface area contributed by atoms with E-state index in [1.807, 2.05) is 36.9 Å². The fourth-order valence-electron chi connectivity index (χ4n) is 3.86. The first-order chi connectivity index (χ1) is 15.0. The number of carbonyl (C=O) groups is 1. The summed E-state index contributed by atoms with van der Waals surface area (Å²) < 4.78 is 11.4. The molecule has 0 unspecified atom stereocenters. The van der Waals surface area contributed by atoms with E-state index >= 15 is 0 Å². The van der Waals surface area contributed by atoms with E-state index in [4.69, 9.17) is 9.26 Å². The molecule has 1 saturated heterocycles. The highest BCUT2D eigenvalue weighted by Gasteiger charge is 2.28. The van der Waals surface area contributed by atoms with E-state index in [2.05, 4.69) is 47.3 Å². The zero-order valence-electron chi connectivity index (χ0n) is 18.4. The van der Waals surface area contributed by atoms with E-state index in [-0.39, 0.29) is 12.5 Å². The fourth-order valence-corrected chi connectivity index (χ4v) is 3.86. The Kier molecular flexibility index (Phi) is 6.37. The smallest absolute Gasteiger partial charge is 0.276 e. The van der Waals surface area contributed by atoms with Gasteiger partial charge in [0, 0.05) is 32.7 Å². The van der Waals surface area contributed by atoms with Gasteiger partial charge in [-0.1, -0.05) is 47.6 Å². The van der Waals surface area contributed by atoms with Gasteiger partial charge in [-0.3, -0.25) is 9.69 Å². The largest absolute Gasteiger partial charge is 0.488 e. The normalized spacial score (nSPS) is 14.6. The molecule has 0 spiro atoms. The van der Waals surface area contributed by atoms with E-state index in [1.165, 1.54) is 11.1 Å². The number of hydrogen-bond donors (Lipinski definition) is 0. The minimum absolute atomic E-state index is 0.0872. The van der Waals surface area contributed by atoms with E-state index in [9.17, 15) is 4.79 Å². The molecule has 1 aromatic heterocycles. The third-order valence-corrected chi connectivity index (χ3v) is 6.02. The lowest BCUT2D eigenvalue weighted by molar-refractivity contribution is 0.0616. The number of amides is 1. The molecule has 0 saturated carbocycles. The molecule has 1 aliphatic heterocycles. The van der Waals surface area contributed by atoms with Crippen LogP contribution in [0.15, 0.2) is 53.1 Å². The van der Waals surface area contributed by atoms with Gasteiger partial charge in [-0.2, -0.15) is 0 Å². The predicted molar refractivity (Wildman–Crippen MR) is 119 cm³/mol. The van der Waals surface area contributed by atoms with Crippen LogP contribution in [-0.4, -0.2) is 47.0 Å². The van der Waals surface area contributed by atoms with Crippen molar-refractivity contribution in [2.75, 3.05) is 26.2 Å². The molecule has 0 bridgehead atoms. The number of rotatable bonds is 6. The zero-order chi connectivity index (χ0) is 21.8. The maximum absolute atomic E-state index is 13.2. The maximum atomic E-state index is 13.2. The molecule has 1 fully saturated rings. The van der Waals surface area contributed by atoms with Crippen molar-refractivity contribution < 1.29 is 14.1 Å². The van der Waals surface area contributed by atoms with Crippen LogP contribution in [0.2, 0.25) is 0 Å². The maximum Gasteiger partial charge on any atom is 0.276 e. The molecule has 4 rings (SSSR count). The quantitative estimate of drug-likeness (QED) is 0.601. The fraction of sp³-hybridized carbons (Fsp3) is 0.360. The van der Waals surface area contributed by atoms with Crippen LogP contribution in [-0.2, 0) is 13.2 Å². The van der Waals surface area contributed by atoms with E-state index in [0.717, 1.165) is 36.5 Å². The predicted octanol–water partition coefficient (Wildman–Crippen LogP) is 4.14. The molecule has 0 aliphatic carbocycles. The van der Waals surface area contributed by atoms with Crippen molar-refractivity contribution >= 4 is 5.91 Å². The Bertz CT molecular complexity index is 1040. The van der Waals surface area contributed by atoms with Crippen molar-refractivity contribution in [2.45, 2.75) is 33.9 Å². The summed E-state index contributed by atoms with van der Waals surface area (Å²) >= 11 is 0. The van der Waals surface area contributed by atoms with Crippen molar-refractivity contribution in [1.82, 2.24) is 15.0 Å². The third-order valence-electron chi connectivity index (χ3n) is 6.02. The number of hydrogen-bond acceptors (Lipinski definition) is 5. The molecule has 2 aromatic carbocycles. The summed E-state index contributed by atoms with van der Waals surface area (Å²) in [6.07, 6.45) is 0. The van der Waals surface area contributed by atoms with Gasteiger partial charge in [-0.05, 0) is 43.5 Å². The molecule has 3 aromatic rings. The second kappa shape index (κ2) is 9.35. The molecular formula is C25H29N3O3. The molecule has 162 valence electrons. The first-order valence-corrected chi connectivity index (χ1v) is 10.7. The average Bonchev–Trinajstić information content (AvgIpc) is 3.16. The molecule has 0 radical (unpaired) electrons. The Balaban J connectivity index is 1.39. The van der Waals surface area contributed by atoms with Crippen molar-refractivity contribution in [3.05, 3.63) is 82.2 Å². The van der Waals surface area contributed by atoms with Crippen LogP contribution in [0.1, 0.15) is 38.5 Å². The molecular weight excluding hydrogens is 390 g/mol. The molecule has 1 aliphatic rings. The second-order valence-electron chi connectivity index (χ2n) is 8.11. The van der Waals surface area contributed by atoms with Crippen LogP contribution in [0, 0.1) is 20.8 Å². The number of benzene rings is 2. The third kappa shape index (κ3) is 4.80. The summed E-state index contributed by atoms with van der Waals surface area (Å²) in [7, 11) is 0. The van der Waals surface area contributed by atoms with Crippen LogP contribution < -0.4 is 4.74 Å². The second-order valence-corrected chi connectivity index (χ2v) is 8.11. The number of ether oxygens (including phenoxy) is 1. The van der Waals surface area contributed by atoms with Crippen molar-refractivity contribution in [1.29, 1.82) is 0 Å². The lowest BCUT2D eigenvalue weighted by Crippen LogP contribution is -2.48. The zero-order valence-corrected chi connectivity index (χ0v) is 18.4. The number of piperazine rings is 1. The van der Waals surface area contributed by atoms with Gasteiger partial charge in [0.05, 0.1) is 5.56 Å². The highest BCUT2D eigenvalue weighted by atomic mass is 16.5. The van der Waals surface area contributed by atoms with Gasteiger partial charge in [0.1, 0.15) is 18.1 Å². The first kappa shape index (κ1) is 21.1. The van der Waals surface area contributed by atoms with Gasteiger partial charge in [0.15, 0.2) is 5.69 Å². The molecule has 31 heavy (non-hydrogen) atoms. The molecule has 1 amide bonds. The highest BCUT2D eigenvalue weighted by Crippen LogP contribution is 2.24. The summed E-state index contributed by atoms with van der Waals surface area (Å²) in [4.78, 5) is 17.4. The highest BCUT2D eigenvalue weighted by molar-refractivity contribution is 5.93. The number of nitrogens with zero attached hydrogens (tertiary/aromatic N) is 3. The molecule has 0 atom stereocenters. The minimum Gasteiger partial charge on any atom is -0.488 e. The summed E-state index contributed by atoms with van der Waals surface area (Å²) in [6, 6.07) is 16.4. The van der Waals surface area contributed by atoms with Crippen molar-refractivity contribution in [2.24, 2.45) is 0 Å². The van der Waals surface area contributed by atoms with Crippen LogP contribution in [0.4, 0.5) is 0 Å². The SMILES string of the molecule is Cc1cccc(OCc2c(C(=O)N3CCN(Cc4ccccc4)CC3)noc2C)c1C. The molecule has 0 N–H and O–H groups in total. The van der Waals surface area contributed by atoms with E-state index in [1.54, 1.807) is 0 Å². The average molecular weight is 420 g/mol. The van der Waals surface area contributed by atoms with Gasteiger partial charge in [-0.25, -0.2) is 0 Å². The Morgan fingerprint density at radius 3 is 2.48 bits per heavy atom. The standard InChI is InChI=1S/C25H29N3O3/c1-18-8-7-11-23(19(18)2)30-17-22-20(3)31-26-24(22)25(29)28-14-12-27(13-15-28)16-21-9-5-4-6-10-21/h4-11H,12-17H2,1-3H3. The monoisotopic (exact) mass is 419 g/mol. The summed E-state index contributed by atoms with van der Waals surface area (Å²) in [5.41, 5.74) is 4.64. The minimum atomic E-state index is -0.0872. The number of aryl methyl sites for hydroxylation is 2. The van der Waals surface area contributed by atoms with Crippen LogP contribution in [0.25, 0.3) is 0 Å². The van der Waals surface area contributed by atoms with Crippen LogP contribution in [0.3, 0.4) is 0 Å². The van der Waals surface area contributed by atoms with Crippen molar-refractivity contribution in [3.8, 4) is 5.75 Å². The van der Waals surface area contributed by atoms with Gasteiger partial charge >= 0.3 is 0 Å². The lowest BCUT2D eigenvalue weighted by atomic mass is 10.1. The summed E-state index contributed by atoms with van der Waals surface area (Å²) in [5.74, 6) is 1.35.